The van der Waals surface area contributed by atoms with Gasteiger partial charge in [0.15, 0.2) is 0 Å². The molecule has 0 bridgehead atoms. The lowest BCUT2D eigenvalue weighted by Crippen LogP contribution is -2.41. The quantitative estimate of drug-likeness (QED) is 0.355. The molecule has 0 aromatic heterocycles. The minimum atomic E-state index is -3.93. The maximum atomic E-state index is 13.5. The average Bonchev–Trinajstić information content (AvgIpc) is 2.80. The van der Waals surface area contributed by atoms with E-state index in [2.05, 4.69) is 5.32 Å². The van der Waals surface area contributed by atoms with E-state index in [0.29, 0.717) is 12.2 Å². The molecule has 3 aromatic rings. The molecule has 3 aromatic carbocycles. The van der Waals surface area contributed by atoms with E-state index >= 15 is 0 Å². The highest BCUT2D eigenvalue weighted by atomic mass is 32.2. The molecule has 6 nitrogen and oxygen atoms in total. The molecule has 0 aliphatic heterocycles. The average molecular weight is 509 g/mol. The van der Waals surface area contributed by atoms with Crippen molar-refractivity contribution in [1.29, 1.82) is 0 Å². The molecule has 0 unspecified atom stereocenters. The fourth-order valence-electron chi connectivity index (χ4n) is 3.96. The second-order valence-corrected chi connectivity index (χ2v) is 11.3. The second-order valence-electron chi connectivity index (χ2n) is 9.43. The molecule has 0 saturated heterocycles. The van der Waals surface area contributed by atoms with Crippen LogP contribution in [0, 0.1) is 20.8 Å². The van der Waals surface area contributed by atoms with E-state index in [0.717, 1.165) is 40.8 Å². The SMILES string of the molecule is Cc1ccc(S(=O)(=O)N(CC(=O)NCCCc2ccc(OC(C)C)cc2)c2cc(C)cc(C)c2)cc1. The molecule has 192 valence electrons. The van der Waals surface area contributed by atoms with Crippen molar-refractivity contribution in [2.24, 2.45) is 0 Å². The molecule has 0 atom stereocenters. The Labute approximate surface area is 215 Å². The fraction of sp³-hybridized carbons (Fsp3) is 0.345. The van der Waals surface area contributed by atoms with Crippen LogP contribution in [-0.2, 0) is 21.2 Å². The van der Waals surface area contributed by atoms with Crippen molar-refractivity contribution < 1.29 is 17.9 Å². The third-order valence-electron chi connectivity index (χ3n) is 5.65. The number of nitrogens with one attached hydrogen (secondary N) is 1. The van der Waals surface area contributed by atoms with E-state index in [1.54, 1.807) is 36.4 Å². The Morgan fingerprint density at radius 3 is 2.08 bits per heavy atom. The molecular weight excluding hydrogens is 472 g/mol. The molecule has 0 heterocycles. The van der Waals surface area contributed by atoms with Gasteiger partial charge in [-0.3, -0.25) is 9.10 Å². The van der Waals surface area contributed by atoms with Crippen molar-refractivity contribution in [2.75, 3.05) is 17.4 Å². The number of rotatable bonds is 11. The Morgan fingerprint density at radius 2 is 1.50 bits per heavy atom. The van der Waals surface area contributed by atoms with Crippen LogP contribution in [0.4, 0.5) is 5.69 Å². The first-order valence-electron chi connectivity index (χ1n) is 12.2. The van der Waals surface area contributed by atoms with Crippen molar-refractivity contribution in [2.45, 2.75) is 58.5 Å². The molecule has 0 saturated carbocycles. The standard InChI is InChI=1S/C29H36N2O4S/c1-21(2)35-27-12-10-25(11-13-27)7-6-16-30-29(32)20-31(26-18-23(4)17-24(5)19-26)36(33,34)28-14-8-22(3)9-15-28/h8-15,17-19,21H,6-7,16,20H2,1-5H3,(H,30,32). The predicted octanol–water partition coefficient (Wildman–Crippen LogP) is 5.34. The number of carbonyl (C=O) groups is 1. The monoisotopic (exact) mass is 508 g/mol. The first-order valence-corrected chi connectivity index (χ1v) is 13.7. The van der Waals surface area contributed by atoms with Crippen LogP contribution in [0.2, 0.25) is 0 Å². The topological polar surface area (TPSA) is 75.7 Å². The number of hydrogen-bond acceptors (Lipinski definition) is 4. The van der Waals surface area contributed by atoms with Gasteiger partial charge < -0.3 is 10.1 Å². The van der Waals surface area contributed by atoms with Crippen LogP contribution < -0.4 is 14.4 Å². The summed E-state index contributed by atoms with van der Waals surface area (Å²) in [5.41, 5.74) is 4.46. The Kier molecular flexibility index (Phi) is 9.15. The zero-order valence-electron chi connectivity index (χ0n) is 21.7. The lowest BCUT2D eigenvalue weighted by molar-refractivity contribution is -0.119. The second kappa shape index (κ2) is 12.1. The zero-order valence-corrected chi connectivity index (χ0v) is 22.6. The Bertz CT molecular complexity index is 1250. The van der Waals surface area contributed by atoms with Gasteiger partial charge in [-0.15, -0.1) is 0 Å². The van der Waals surface area contributed by atoms with E-state index in [4.69, 9.17) is 4.74 Å². The van der Waals surface area contributed by atoms with Gasteiger partial charge in [0.05, 0.1) is 16.7 Å². The molecule has 7 heteroatoms. The number of ether oxygens (including phenoxy) is 1. The van der Waals surface area contributed by atoms with Gasteiger partial charge in [0.2, 0.25) is 5.91 Å². The Balaban J connectivity index is 1.67. The van der Waals surface area contributed by atoms with Gasteiger partial charge in [-0.25, -0.2) is 8.42 Å². The first kappa shape index (κ1) is 27.3. The summed E-state index contributed by atoms with van der Waals surface area (Å²) in [5.74, 6) is 0.494. The molecule has 0 spiro atoms. The van der Waals surface area contributed by atoms with Gasteiger partial charge in [-0.1, -0.05) is 35.9 Å². The maximum Gasteiger partial charge on any atom is 0.264 e. The molecule has 1 amide bonds. The number of nitrogens with zero attached hydrogens (tertiary/aromatic N) is 1. The van der Waals surface area contributed by atoms with E-state index in [9.17, 15) is 13.2 Å². The van der Waals surface area contributed by atoms with Crippen LogP contribution in [0.3, 0.4) is 0 Å². The third-order valence-corrected chi connectivity index (χ3v) is 7.44. The summed E-state index contributed by atoms with van der Waals surface area (Å²) in [7, 11) is -3.93. The van der Waals surface area contributed by atoms with Crippen LogP contribution in [-0.4, -0.2) is 33.5 Å². The largest absolute Gasteiger partial charge is 0.491 e. The molecule has 36 heavy (non-hydrogen) atoms. The number of aryl methyl sites for hydroxylation is 4. The molecule has 3 rings (SSSR count). The summed E-state index contributed by atoms with van der Waals surface area (Å²) < 4.78 is 34.0. The van der Waals surface area contributed by atoms with Crippen molar-refractivity contribution in [3.8, 4) is 5.75 Å². The van der Waals surface area contributed by atoms with E-state index in [1.807, 2.05) is 65.0 Å². The molecule has 0 aliphatic rings. The summed E-state index contributed by atoms with van der Waals surface area (Å²) in [6.45, 7) is 9.87. The number of anilines is 1. The predicted molar refractivity (Wildman–Crippen MR) is 145 cm³/mol. The van der Waals surface area contributed by atoms with E-state index in [1.165, 1.54) is 4.31 Å². The fourth-order valence-corrected chi connectivity index (χ4v) is 5.37. The molecule has 0 radical (unpaired) electrons. The maximum absolute atomic E-state index is 13.5. The lowest BCUT2D eigenvalue weighted by atomic mass is 10.1. The normalized spacial score (nSPS) is 11.4. The molecule has 0 fully saturated rings. The Hall–Kier alpha value is -3.32. The summed E-state index contributed by atoms with van der Waals surface area (Å²) in [4.78, 5) is 13.0. The van der Waals surface area contributed by atoms with Crippen LogP contribution in [0.25, 0.3) is 0 Å². The van der Waals surface area contributed by atoms with Crippen molar-refractivity contribution in [3.63, 3.8) is 0 Å². The van der Waals surface area contributed by atoms with Crippen LogP contribution in [0.5, 0.6) is 5.75 Å². The lowest BCUT2D eigenvalue weighted by Gasteiger charge is -2.25. The van der Waals surface area contributed by atoms with Gasteiger partial charge in [0.25, 0.3) is 10.0 Å². The van der Waals surface area contributed by atoms with Crippen molar-refractivity contribution in [1.82, 2.24) is 5.32 Å². The van der Waals surface area contributed by atoms with Gasteiger partial charge >= 0.3 is 0 Å². The summed E-state index contributed by atoms with van der Waals surface area (Å²) >= 11 is 0. The highest BCUT2D eigenvalue weighted by Gasteiger charge is 2.27. The summed E-state index contributed by atoms with van der Waals surface area (Å²) in [5, 5.41) is 2.88. The third kappa shape index (κ3) is 7.59. The molecule has 0 aliphatic carbocycles. The number of carbonyl (C=O) groups excluding carboxylic acids is 1. The number of benzene rings is 3. The van der Waals surface area contributed by atoms with Gasteiger partial charge in [0.1, 0.15) is 12.3 Å². The molecular formula is C29H36N2O4S. The number of sulfonamides is 1. The van der Waals surface area contributed by atoms with Crippen LogP contribution in [0.15, 0.2) is 71.6 Å². The Morgan fingerprint density at radius 1 is 0.889 bits per heavy atom. The zero-order chi connectivity index (χ0) is 26.3. The minimum Gasteiger partial charge on any atom is -0.491 e. The highest BCUT2D eigenvalue weighted by Crippen LogP contribution is 2.26. The minimum absolute atomic E-state index is 0.129. The van der Waals surface area contributed by atoms with E-state index < -0.39 is 10.0 Å². The van der Waals surface area contributed by atoms with Gasteiger partial charge in [-0.05, 0) is 101 Å². The summed E-state index contributed by atoms with van der Waals surface area (Å²) in [6, 6.07) is 20.2. The van der Waals surface area contributed by atoms with Crippen molar-refractivity contribution >= 4 is 21.6 Å². The number of amides is 1. The highest BCUT2D eigenvalue weighted by molar-refractivity contribution is 7.92. The number of hydrogen-bond donors (Lipinski definition) is 1. The van der Waals surface area contributed by atoms with Gasteiger partial charge in [-0.2, -0.15) is 0 Å². The van der Waals surface area contributed by atoms with Gasteiger partial charge in [0, 0.05) is 6.54 Å². The molecule has 1 N–H and O–H groups in total. The van der Waals surface area contributed by atoms with Crippen LogP contribution >= 0.6 is 0 Å². The summed E-state index contributed by atoms with van der Waals surface area (Å²) in [6.07, 6.45) is 1.67. The van der Waals surface area contributed by atoms with Crippen molar-refractivity contribution in [3.05, 3.63) is 89.0 Å². The smallest absolute Gasteiger partial charge is 0.264 e. The first-order chi connectivity index (χ1) is 17.0. The van der Waals surface area contributed by atoms with E-state index in [-0.39, 0.29) is 23.5 Å². The van der Waals surface area contributed by atoms with Crippen LogP contribution in [0.1, 0.15) is 42.5 Å².